The van der Waals surface area contributed by atoms with Crippen LogP contribution in [-0.4, -0.2) is 14.8 Å². The standard InChI is InChI=1S/C8H10N4S/c1-5-3-13-7(6(5)9)8-11-10-4-12(8)2/h3-4H,9H2,1-2H3. The Hall–Kier alpha value is -1.36. The number of hydrogen-bond acceptors (Lipinski definition) is 4. The molecule has 0 saturated heterocycles. The van der Waals surface area contributed by atoms with Gasteiger partial charge in [0.2, 0.25) is 0 Å². The average molecular weight is 194 g/mol. The van der Waals surface area contributed by atoms with E-state index in [9.17, 15) is 0 Å². The van der Waals surface area contributed by atoms with Gasteiger partial charge in [0, 0.05) is 7.05 Å². The second-order valence-electron chi connectivity index (χ2n) is 2.93. The largest absolute Gasteiger partial charge is 0.397 e. The van der Waals surface area contributed by atoms with Gasteiger partial charge < -0.3 is 10.3 Å². The van der Waals surface area contributed by atoms with E-state index >= 15 is 0 Å². The predicted molar refractivity (Wildman–Crippen MR) is 53.5 cm³/mol. The van der Waals surface area contributed by atoms with Crippen LogP contribution in [0, 0.1) is 6.92 Å². The molecule has 2 heterocycles. The van der Waals surface area contributed by atoms with Crippen LogP contribution in [0.2, 0.25) is 0 Å². The molecule has 0 unspecified atom stereocenters. The molecule has 2 aromatic heterocycles. The molecule has 0 atom stereocenters. The van der Waals surface area contributed by atoms with Crippen molar-refractivity contribution in [2.24, 2.45) is 7.05 Å². The Kier molecular flexibility index (Phi) is 1.81. The van der Waals surface area contributed by atoms with Crippen molar-refractivity contribution in [2.45, 2.75) is 6.92 Å². The minimum atomic E-state index is 0.807. The molecule has 0 aliphatic rings. The van der Waals surface area contributed by atoms with E-state index in [4.69, 9.17) is 5.73 Å². The van der Waals surface area contributed by atoms with Crippen molar-refractivity contribution in [2.75, 3.05) is 5.73 Å². The second kappa shape index (κ2) is 2.85. The fraction of sp³-hybridized carbons (Fsp3) is 0.250. The van der Waals surface area contributed by atoms with Gasteiger partial charge in [-0.05, 0) is 17.9 Å². The zero-order chi connectivity index (χ0) is 9.42. The van der Waals surface area contributed by atoms with Gasteiger partial charge in [0.15, 0.2) is 5.82 Å². The highest BCUT2D eigenvalue weighted by Gasteiger charge is 2.11. The number of thiophene rings is 1. The first-order valence-electron chi connectivity index (χ1n) is 3.88. The second-order valence-corrected chi connectivity index (χ2v) is 3.81. The minimum Gasteiger partial charge on any atom is -0.397 e. The molecule has 2 rings (SSSR count). The summed E-state index contributed by atoms with van der Waals surface area (Å²) in [6, 6.07) is 0. The monoisotopic (exact) mass is 194 g/mol. The Labute approximate surface area is 80.0 Å². The van der Waals surface area contributed by atoms with Crippen molar-refractivity contribution in [3.63, 3.8) is 0 Å². The van der Waals surface area contributed by atoms with Gasteiger partial charge in [0.25, 0.3) is 0 Å². The Bertz CT molecular complexity index is 429. The zero-order valence-corrected chi connectivity index (χ0v) is 8.30. The van der Waals surface area contributed by atoms with Crippen LogP contribution in [-0.2, 0) is 7.05 Å². The predicted octanol–water partition coefficient (Wildman–Crippen LogP) is 1.43. The van der Waals surface area contributed by atoms with Crippen molar-refractivity contribution < 1.29 is 0 Å². The fourth-order valence-electron chi connectivity index (χ4n) is 1.12. The lowest BCUT2D eigenvalue weighted by Crippen LogP contribution is -1.93. The number of hydrogen-bond donors (Lipinski definition) is 1. The highest BCUT2D eigenvalue weighted by atomic mass is 32.1. The number of anilines is 1. The third-order valence-corrected chi connectivity index (χ3v) is 3.05. The molecule has 0 radical (unpaired) electrons. The molecule has 0 aliphatic heterocycles. The van der Waals surface area contributed by atoms with E-state index in [1.165, 1.54) is 0 Å². The van der Waals surface area contributed by atoms with Gasteiger partial charge in [-0.3, -0.25) is 0 Å². The van der Waals surface area contributed by atoms with E-state index < -0.39 is 0 Å². The molecule has 13 heavy (non-hydrogen) atoms. The van der Waals surface area contributed by atoms with Gasteiger partial charge in [-0.15, -0.1) is 21.5 Å². The summed E-state index contributed by atoms with van der Waals surface area (Å²) in [5.74, 6) is 0.829. The number of nitrogens with two attached hydrogens (primary N) is 1. The fourth-order valence-corrected chi connectivity index (χ4v) is 2.12. The zero-order valence-electron chi connectivity index (χ0n) is 7.48. The van der Waals surface area contributed by atoms with Gasteiger partial charge in [0.05, 0.1) is 10.6 Å². The van der Waals surface area contributed by atoms with E-state index in [1.54, 1.807) is 17.7 Å². The molecule has 0 spiro atoms. The highest BCUT2D eigenvalue weighted by molar-refractivity contribution is 7.14. The molecular formula is C8H10N4S. The van der Waals surface area contributed by atoms with Gasteiger partial charge in [0.1, 0.15) is 6.33 Å². The van der Waals surface area contributed by atoms with Crippen molar-refractivity contribution in [3.8, 4) is 10.7 Å². The molecule has 68 valence electrons. The maximum Gasteiger partial charge on any atom is 0.175 e. The molecule has 0 saturated carbocycles. The summed E-state index contributed by atoms with van der Waals surface area (Å²) in [4.78, 5) is 0.998. The molecule has 0 aromatic carbocycles. The normalized spacial score (nSPS) is 10.6. The van der Waals surface area contributed by atoms with Crippen molar-refractivity contribution in [1.29, 1.82) is 0 Å². The first-order chi connectivity index (χ1) is 6.20. The Morgan fingerprint density at radius 2 is 2.31 bits per heavy atom. The van der Waals surface area contributed by atoms with Crippen LogP contribution in [0.5, 0.6) is 0 Å². The van der Waals surface area contributed by atoms with E-state index in [1.807, 2.05) is 23.9 Å². The molecule has 2 N–H and O–H groups in total. The summed E-state index contributed by atoms with van der Waals surface area (Å²) in [7, 11) is 1.91. The van der Waals surface area contributed by atoms with Gasteiger partial charge in [-0.25, -0.2) is 0 Å². The maximum atomic E-state index is 5.89. The lowest BCUT2D eigenvalue weighted by Gasteiger charge is -1.98. The van der Waals surface area contributed by atoms with Crippen molar-refractivity contribution in [1.82, 2.24) is 14.8 Å². The SMILES string of the molecule is Cc1csc(-c2nncn2C)c1N. The topological polar surface area (TPSA) is 56.7 Å². The molecule has 0 aliphatic carbocycles. The lowest BCUT2D eigenvalue weighted by atomic mass is 10.3. The number of nitrogens with zero attached hydrogens (tertiary/aromatic N) is 3. The molecule has 0 amide bonds. The van der Waals surface area contributed by atoms with Gasteiger partial charge in [-0.2, -0.15) is 0 Å². The van der Waals surface area contributed by atoms with E-state index in [2.05, 4.69) is 10.2 Å². The van der Waals surface area contributed by atoms with Crippen LogP contribution < -0.4 is 5.73 Å². The molecule has 5 heteroatoms. The summed E-state index contributed by atoms with van der Waals surface area (Å²) in [5.41, 5.74) is 7.80. The van der Waals surface area contributed by atoms with Crippen LogP contribution in [0.4, 0.5) is 5.69 Å². The first kappa shape index (κ1) is 8.25. The molecule has 2 aromatic rings. The summed E-state index contributed by atoms with van der Waals surface area (Å²) < 4.78 is 1.86. The third-order valence-electron chi connectivity index (χ3n) is 1.94. The summed E-state index contributed by atoms with van der Waals surface area (Å²) in [6.07, 6.45) is 1.67. The van der Waals surface area contributed by atoms with E-state index in [0.29, 0.717) is 0 Å². The number of nitrogen functional groups attached to an aromatic ring is 1. The van der Waals surface area contributed by atoms with E-state index in [-0.39, 0.29) is 0 Å². The summed E-state index contributed by atoms with van der Waals surface area (Å²) in [5, 5.41) is 9.84. The van der Waals surface area contributed by atoms with Crippen LogP contribution in [0.1, 0.15) is 5.56 Å². The third kappa shape index (κ3) is 1.21. The van der Waals surface area contributed by atoms with Crippen LogP contribution >= 0.6 is 11.3 Å². The number of rotatable bonds is 1. The number of aryl methyl sites for hydroxylation is 2. The van der Waals surface area contributed by atoms with Crippen molar-refractivity contribution in [3.05, 3.63) is 17.3 Å². The minimum absolute atomic E-state index is 0.807. The van der Waals surface area contributed by atoms with Crippen LogP contribution in [0.25, 0.3) is 10.7 Å². The van der Waals surface area contributed by atoms with Crippen LogP contribution in [0.15, 0.2) is 11.7 Å². The summed E-state index contributed by atoms with van der Waals surface area (Å²) in [6.45, 7) is 1.99. The smallest absolute Gasteiger partial charge is 0.175 e. The summed E-state index contributed by atoms with van der Waals surface area (Å²) >= 11 is 1.60. The Morgan fingerprint density at radius 3 is 2.77 bits per heavy atom. The molecule has 0 fully saturated rings. The lowest BCUT2D eigenvalue weighted by molar-refractivity contribution is 0.922. The highest BCUT2D eigenvalue weighted by Crippen LogP contribution is 2.32. The van der Waals surface area contributed by atoms with Crippen molar-refractivity contribution >= 4 is 17.0 Å². The van der Waals surface area contributed by atoms with Crippen LogP contribution in [0.3, 0.4) is 0 Å². The molecule has 4 nitrogen and oxygen atoms in total. The molecular weight excluding hydrogens is 184 g/mol. The quantitative estimate of drug-likeness (QED) is 0.747. The van der Waals surface area contributed by atoms with E-state index in [0.717, 1.165) is 22.0 Å². The number of aromatic nitrogens is 3. The average Bonchev–Trinajstić information content (AvgIpc) is 2.62. The van der Waals surface area contributed by atoms with Gasteiger partial charge in [-0.1, -0.05) is 0 Å². The Balaban J connectivity index is 2.59. The molecule has 0 bridgehead atoms. The Morgan fingerprint density at radius 1 is 1.54 bits per heavy atom. The maximum absolute atomic E-state index is 5.89. The van der Waals surface area contributed by atoms with Gasteiger partial charge >= 0.3 is 0 Å². The first-order valence-corrected chi connectivity index (χ1v) is 4.76.